The molecule has 2 unspecified atom stereocenters. The van der Waals surface area contributed by atoms with Crippen molar-refractivity contribution >= 4 is 11.9 Å². The Morgan fingerprint density at radius 1 is 1.59 bits per heavy atom. The third-order valence-corrected chi connectivity index (χ3v) is 3.01. The standard InChI is InChI=1S/C10H19N5O2/c1-17-6-5-12-10-13-9(11)15(14-10)7-3-2-4-8(7)16/h7-8,16H,2-6H2,1H3,(H3,11,12,13,14). The van der Waals surface area contributed by atoms with Gasteiger partial charge in [-0.05, 0) is 19.3 Å². The second-order valence-corrected chi connectivity index (χ2v) is 4.22. The molecule has 1 aliphatic carbocycles. The molecule has 1 saturated carbocycles. The molecule has 7 heteroatoms. The van der Waals surface area contributed by atoms with Crippen LogP contribution in [-0.4, -0.2) is 46.2 Å². The van der Waals surface area contributed by atoms with E-state index < -0.39 is 0 Å². The van der Waals surface area contributed by atoms with Gasteiger partial charge in [-0.3, -0.25) is 0 Å². The first kappa shape index (κ1) is 12.1. The maximum atomic E-state index is 9.81. The molecule has 0 aliphatic heterocycles. The van der Waals surface area contributed by atoms with Gasteiger partial charge in [0, 0.05) is 13.7 Å². The minimum absolute atomic E-state index is 0.0412. The van der Waals surface area contributed by atoms with Crippen LogP contribution in [-0.2, 0) is 4.74 Å². The number of ether oxygens (including phenoxy) is 1. The molecule has 1 aromatic rings. The van der Waals surface area contributed by atoms with Gasteiger partial charge in [0.25, 0.3) is 0 Å². The molecule has 96 valence electrons. The zero-order valence-electron chi connectivity index (χ0n) is 9.96. The largest absolute Gasteiger partial charge is 0.391 e. The van der Waals surface area contributed by atoms with Crippen molar-refractivity contribution in [3.63, 3.8) is 0 Å². The summed E-state index contributed by atoms with van der Waals surface area (Å²) in [6.45, 7) is 1.22. The second-order valence-electron chi connectivity index (χ2n) is 4.22. The lowest BCUT2D eigenvalue weighted by atomic mass is 10.2. The number of methoxy groups -OCH3 is 1. The number of nitrogen functional groups attached to an aromatic ring is 1. The van der Waals surface area contributed by atoms with Crippen LogP contribution in [0.2, 0.25) is 0 Å². The molecule has 1 aliphatic rings. The molecule has 0 saturated heterocycles. The molecule has 0 bridgehead atoms. The van der Waals surface area contributed by atoms with Gasteiger partial charge in [0.1, 0.15) is 0 Å². The van der Waals surface area contributed by atoms with Gasteiger partial charge in [0.2, 0.25) is 11.9 Å². The van der Waals surface area contributed by atoms with E-state index in [0.29, 0.717) is 25.0 Å². The predicted octanol–water partition coefficient (Wildman–Crippen LogP) is 0.00450. The number of rotatable bonds is 5. The Kier molecular flexibility index (Phi) is 3.80. The van der Waals surface area contributed by atoms with Gasteiger partial charge in [-0.25, -0.2) is 4.68 Å². The molecule has 7 nitrogen and oxygen atoms in total. The van der Waals surface area contributed by atoms with Gasteiger partial charge in [-0.2, -0.15) is 4.98 Å². The molecule has 0 radical (unpaired) electrons. The van der Waals surface area contributed by atoms with Gasteiger partial charge < -0.3 is 20.9 Å². The van der Waals surface area contributed by atoms with Crippen LogP contribution in [0.1, 0.15) is 25.3 Å². The molecular formula is C10H19N5O2. The van der Waals surface area contributed by atoms with Crippen molar-refractivity contribution < 1.29 is 9.84 Å². The summed E-state index contributed by atoms with van der Waals surface area (Å²) in [5.41, 5.74) is 5.79. The normalized spacial score (nSPS) is 24.1. The van der Waals surface area contributed by atoms with E-state index in [2.05, 4.69) is 15.4 Å². The van der Waals surface area contributed by atoms with Crippen LogP contribution in [0.15, 0.2) is 0 Å². The molecule has 1 aromatic heterocycles. The van der Waals surface area contributed by atoms with E-state index in [1.807, 2.05) is 0 Å². The van der Waals surface area contributed by atoms with E-state index in [-0.39, 0.29) is 12.1 Å². The fraction of sp³-hybridized carbons (Fsp3) is 0.800. The van der Waals surface area contributed by atoms with Gasteiger partial charge >= 0.3 is 0 Å². The second kappa shape index (κ2) is 5.33. The first-order valence-electron chi connectivity index (χ1n) is 5.85. The summed E-state index contributed by atoms with van der Waals surface area (Å²) in [4.78, 5) is 4.11. The van der Waals surface area contributed by atoms with Gasteiger partial charge in [0.15, 0.2) is 0 Å². The Morgan fingerprint density at radius 2 is 2.41 bits per heavy atom. The Balaban J connectivity index is 2.02. The monoisotopic (exact) mass is 241 g/mol. The predicted molar refractivity (Wildman–Crippen MR) is 63.7 cm³/mol. The number of hydrogen-bond acceptors (Lipinski definition) is 6. The number of aliphatic hydroxyl groups excluding tert-OH is 1. The Labute approximate surface area is 100.0 Å². The lowest BCUT2D eigenvalue weighted by Crippen LogP contribution is -2.21. The molecule has 1 fully saturated rings. The maximum Gasteiger partial charge on any atom is 0.244 e. The molecule has 1 heterocycles. The first-order chi connectivity index (χ1) is 8.22. The van der Waals surface area contributed by atoms with Crippen LogP contribution < -0.4 is 11.1 Å². The smallest absolute Gasteiger partial charge is 0.244 e. The topological polar surface area (TPSA) is 98.2 Å². The SMILES string of the molecule is COCCNc1nc(N)n(C2CCCC2O)n1. The summed E-state index contributed by atoms with van der Waals surface area (Å²) >= 11 is 0. The number of anilines is 2. The molecule has 4 N–H and O–H groups in total. The third kappa shape index (κ3) is 2.67. The zero-order valence-corrected chi connectivity index (χ0v) is 9.96. The first-order valence-corrected chi connectivity index (χ1v) is 5.85. The Hall–Kier alpha value is -1.34. The summed E-state index contributed by atoms with van der Waals surface area (Å²) in [5, 5.41) is 17.1. The third-order valence-electron chi connectivity index (χ3n) is 3.01. The minimum Gasteiger partial charge on any atom is -0.391 e. The molecule has 0 amide bonds. The Bertz CT molecular complexity index is 368. The number of nitrogens with one attached hydrogen (secondary N) is 1. The van der Waals surface area contributed by atoms with Crippen LogP contribution >= 0.6 is 0 Å². The van der Waals surface area contributed by atoms with Crippen molar-refractivity contribution in [3.05, 3.63) is 0 Å². The highest BCUT2D eigenvalue weighted by Crippen LogP contribution is 2.31. The number of nitrogens with two attached hydrogens (primary N) is 1. The molecular weight excluding hydrogens is 222 g/mol. The number of aromatic nitrogens is 3. The minimum atomic E-state index is -0.370. The molecule has 0 aromatic carbocycles. The maximum absolute atomic E-state index is 9.81. The van der Waals surface area contributed by atoms with E-state index in [1.54, 1.807) is 11.8 Å². The van der Waals surface area contributed by atoms with Crippen LogP contribution in [0, 0.1) is 0 Å². The molecule has 2 atom stereocenters. The Morgan fingerprint density at radius 3 is 3.06 bits per heavy atom. The highest BCUT2D eigenvalue weighted by atomic mass is 16.5. The van der Waals surface area contributed by atoms with E-state index in [1.165, 1.54) is 0 Å². The van der Waals surface area contributed by atoms with Crippen molar-refractivity contribution in [1.82, 2.24) is 14.8 Å². The summed E-state index contributed by atoms with van der Waals surface area (Å²) in [6.07, 6.45) is 2.33. The van der Waals surface area contributed by atoms with Crippen LogP contribution in [0.25, 0.3) is 0 Å². The molecule has 17 heavy (non-hydrogen) atoms. The van der Waals surface area contributed by atoms with Crippen molar-refractivity contribution in [1.29, 1.82) is 0 Å². The van der Waals surface area contributed by atoms with E-state index >= 15 is 0 Å². The van der Waals surface area contributed by atoms with Crippen LogP contribution in [0.5, 0.6) is 0 Å². The van der Waals surface area contributed by atoms with Crippen molar-refractivity contribution in [2.24, 2.45) is 0 Å². The van der Waals surface area contributed by atoms with E-state index in [4.69, 9.17) is 10.5 Å². The lowest BCUT2D eigenvalue weighted by molar-refractivity contribution is 0.131. The summed E-state index contributed by atoms with van der Waals surface area (Å²) in [7, 11) is 1.64. The van der Waals surface area contributed by atoms with Gasteiger partial charge in [0.05, 0.1) is 18.8 Å². The summed E-state index contributed by atoms with van der Waals surface area (Å²) < 4.78 is 6.54. The quantitative estimate of drug-likeness (QED) is 0.628. The fourth-order valence-corrected chi connectivity index (χ4v) is 2.13. The highest BCUT2D eigenvalue weighted by molar-refractivity contribution is 5.32. The van der Waals surface area contributed by atoms with Gasteiger partial charge in [-0.15, -0.1) is 5.10 Å². The van der Waals surface area contributed by atoms with E-state index in [9.17, 15) is 5.11 Å². The van der Waals surface area contributed by atoms with Crippen LogP contribution in [0.3, 0.4) is 0 Å². The number of aliphatic hydroxyl groups is 1. The zero-order chi connectivity index (χ0) is 12.3. The fourth-order valence-electron chi connectivity index (χ4n) is 2.13. The van der Waals surface area contributed by atoms with Crippen LogP contribution in [0.4, 0.5) is 11.9 Å². The summed E-state index contributed by atoms with van der Waals surface area (Å²) in [6, 6.07) is -0.0412. The van der Waals surface area contributed by atoms with Crippen molar-refractivity contribution in [3.8, 4) is 0 Å². The average Bonchev–Trinajstić information content (AvgIpc) is 2.85. The van der Waals surface area contributed by atoms with E-state index in [0.717, 1.165) is 19.3 Å². The number of nitrogens with zero attached hydrogens (tertiary/aromatic N) is 3. The van der Waals surface area contributed by atoms with Gasteiger partial charge in [-0.1, -0.05) is 0 Å². The summed E-state index contributed by atoms with van der Waals surface area (Å²) in [5.74, 6) is 0.828. The highest BCUT2D eigenvalue weighted by Gasteiger charge is 2.29. The molecule has 0 spiro atoms. The molecule has 2 rings (SSSR count). The van der Waals surface area contributed by atoms with Crippen molar-refractivity contribution in [2.75, 3.05) is 31.3 Å². The van der Waals surface area contributed by atoms with Crippen molar-refractivity contribution in [2.45, 2.75) is 31.4 Å². The average molecular weight is 241 g/mol. The lowest BCUT2D eigenvalue weighted by Gasteiger charge is -2.14. The number of hydrogen-bond donors (Lipinski definition) is 3.